The molecular formula is C49H31N5. The maximum atomic E-state index is 5.17. The number of benzene rings is 8. The molecule has 3 aromatic heterocycles. The second-order valence-electron chi connectivity index (χ2n) is 13.6. The lowest BCUT2D eigenvalue weighted by molar-refractivity contribution is 1.08. The predicted molar refractivity (Wildman–Crippen MR) is 222 cm³/mol. The normalized spacial score (nSPS) is 11.7. The molecule has 0 aliphatic carbocycles. The number of rotatable bonds is 5. The van der Waals surface area contributed by atoms with Crippen molar-refractivity contribution in [2.24, 2.45) is 0 Å². The Morgan fingerprint density at radius 1 is 0.333 bits per heavy atom. The van der Waals surface area contributed by atoms with Gasteiger partial charge in [0.25, 0.3) is 0 Å². The van der Waals surface area contributed by atoms with Crippen molar-refractivity contribution < 1.29 is 0 Å². The van der Waals surface area contributed by atoms with E-state index in [1.165, 1.54) is 22.0 Å². The fourth-order valence-corrected chi connectivity index (χ4v) is 8.13. The Morgan fingerprint density at radius 3 is 1.46 bits per heavy atom. The molecule has 0 spiro atoms. The number of imidazole rings is 1. The van der Waals surface area contributed by atoms with Gasteiger partial charge in [-0.05, 0) is 57.4 Å². The Bertz CT molecular complexity index is 3100. The molecule has 0 fully saturated rings. The van der Waals surface area contributed by atoms with Gasteiger partial charge in [0.05, 0.1) is 16.6 Å². The number of fused-ring (bicyclic) bond motifs is 7. The molecule has 0 saturated carbocycles. The van der Waals surface area contributed by atoms with E-state index in [0.29, 0.717) is 17.5 Å². The second-order valence-corrected chi connectivity index (χ2v) is 13.6. The van der Waals surface area contributed by atoms with Gasteiger partial charge in [-0.15, -0.1) is 0 Å². The molecule has 5 heteroatoms. The van der Waals surface area contributed by atoms with Crippen LogP contribution in [0.5, 0.6) is 0 Å². The first-order chi connectivity index (χ1) is 26.8. The first-order valence-electron chi connectivity index (χ1n) is 18.2. The molecule has 0 atom stereocenters. The van der Waals surface area contributed by atoms with Crippen molar-refractivity contribution in [1.29, 1.82) is 0 Å². The molecule has 3 heterocycles. The van der Waals surface area contributed by atoms with E-state index in [0.717, 1.165) is 60.6 Å². The van der Waals surface area contributed by atoms with E-state index in [-0.39, 0.29) is 0 Å². The van der Waals surface area contributed by atoms with Crippen molar-refractivity contribution in [3.05, 3.63) is 188 Å². The second kappa shape index (κ2) is 12.1. The van der Waals surface area contributed by atoms with E-state index in [2.05, 4.69) is 197 Å². The van der Waals surface area contributed by atoms with Crippen LogP contribution in [0, 0.1) is 0 Å². The average Bonchev–Trinajstić information content (AvgIpc) is 3.76. The topological polar surface area (TPSA) is 48.0 Å². The van der Waals surface area contributed by atoms with Gasteiger partial charge >= 0.3 is 0 Å². The van der Waals surface area contributed by atoms with Crippen molar-refractivity contribution >= 4 is 49.1 Å². The molecule has 5 nitrogen and oxygen atoms in total. The van der Waals surface area contributed by atoms with Crippen LogP contribution in [0.4, 0.5) is 0 Å². The highest BCUT2D eigenvalue weighted by atomic mass is 15.1. The summed E-state index contributed by atoms with van der Waals surface area (Å²) in [6.45, 7) is 0. The van der Waals surface area contributed by atoms with Gasteiger partial charge in [-0.3, -0.25) is 8.97 Å². The zero-order valence-corrected chi connectivity index (χ0v) is 29.1. The molecule has 0 unspecified atom stereocenters. The molecule has 252 valence electrons. The fourth-order valence-electron chi connectivity index (χ4n) is 8.13. The highest BCUT2D eigenvalue weighted by Gasteiger charge is 2.22. The molecule has 0 radical (unpaired) electrons. The SMILES string of the molecule is c1ccc(-n2c3ccccc3n3c4ccccc4c(-c4ccc(-c5nc(-c6cccc7ccccc67)nc(-c6cccc7ccccc67)n5)cc4)c23)cc1. The fraction of sp³-hybridized carbons (Fsp3) is 0. The van der Waals surface area contributed by atoms with Gasteiger partial charge in [-0.2, -0.15) is 0 Å². The predicted octanol–water partition coefficient (Wildman–Crippen LogP) is 12.2. The molecule has 11 rings (SSSR count). The van der Waals surface area contributed by atoms with Crippen molar-refractivity contribution in [2.75, 3.05) is 0 Å². The monoisotopic (exact) mass is 689 g/mol. The maximum Gasteiger partial charge on any atom is 0.164 e. The van der Waals surface area contributed by atoms with E-state index >= 15 is 0 Å². The van der Waals surface area contributed by atoms with Gasteiger partial charge in [0.1, 0.15) is 5.65 Å². The highest BCUT2D eigenvalue weighted by Crippen LogP contribution is 2.41. The molecule has 11 aromatic rings. The summed E-state index contributed by atoms with van der Waals surface area (Å²) in [7, 11) is 0. The quantitative estimate of drug-likeness (QED) is 0.181. The number of aromatic nitrogens is 5. The summed E-state index contributed by atoms with van der Waals surface area (Å²) in [6.07, 6.45) is 0. The Labute approximate surface area is 311 Å². The average molecular weight is 690 g/mol. The molecule has 0 amide bonds. The van der Waals surface area contributed by atoms with E-state index in [9.17, 15) is 0 Å². The number of hydrogen-bond donors (Lipinski definition) is 0. The number of nitrogens with zero attached hydrogens (tertiary/aromatic N) is 5. The summed E-state index contributed by atoms with van der Waals surface area (Å²) in [5.41, 5.74) is 10.9. The van der Waals surface area contributed by atoms with Gasteiger partial charge in [0, 0.05) is 33.3 Å². The van der Waals surface area contributed by atoms with Crippen LogP contribution < -0.4 is 0 Å². The van der Waals surface area contributed by atoms with Gasteiger partial charge in [0.15, 0.2) is 17.5 Å². The minimum Gasteiger partial charge on any atom is -0.293 e. The Morgan fingerprint density at radius 2 is 0.815 bits per heavy atom. The summed E-state index contributed by atoms with van der Waals surface area (Å²) in [5, 5.41) is 5.70. The Balaban J connectivity index is 1.13. The standard InChI is InChI=1S/C49H31N5/c1-2-18-36(19-3-1)53-43-26-10-11-27-44(43)54-42-25-9-8-22-41(42)45(49(53)54)34-28-30-35(31-29-34)46-50-47(39-23-12-16-32-14-4-6-20-37(32)39)52-48(51-46)40-24-13-17-33-15-5-7-21-38(33)40/h1-31H. The van der Waals surface area contributed by atoms with Gasteiger partial charge < -0.3 is 0 Å². The number of hydrogen-bond acceptors (Lipinski definition) is 3. The third kappa shape index (κ3) is 4.69. The van der Waals surface area contributed by atoms with E-state index in [4.69, 9.17) is 15.0 Å². The molecule has 0 bridgehead atoms. The van der Waals surface area contributed by atoms with E-state index < -0.39 is 0 Å². The van der Waals surface area contributed by atoms with Crippen molar-refractivity contribution in [3.63, 3.8) is 0 Å². The third-order valence-electron chi connectivity index (χ3n) is 10.6. The van der Waals surface area contributed by atoms with Crippen LogP contribution in [0.15, 0.2) is 188 Å². The summed E-state index contributed by atoms with van der Waals surface area (Å²) in [4.78, 5) is 15.5. The largest absolute Gasteiger partial charge is 0.293 e. The van der Waals surface area contributed by atoms with Gasteiger partial charge in [0.2, 0.25) is 0 Å². The smallest absolute Gasteiger partial charge is 0.164 e. The van der Waals surface area contributed by atoms with Crippen molar-refractivity contribution in [1.82, 2.24) is 23.9 Å². The first-order valence-corrected chi connectivity index (χ1v) is 18.2. The lowest BCUT2D eigenvalue weighted by Crippen LogP contribution is -2.01. The highest BCUT2D eigenvalue weighted by molar-refractivity contribution is 6.09. The van der Waals surface area contributed by atoms with Crippen LogP contribution in [0.3, 0.4) is 0 Å². The molecule has 0 saturated heterocycles. The maximum absolute atomic E-state index is 5.17. The van der Waals surface area contributed by atoms with Crippen LogP contribution in [-0.4, -0.2) is 23.9 Å². The van der Waals surface area contributed by atoms with Crippen LogP contribution >= 0.6 is 0 Å². The molecule has 54 heavy (non-hydrogen) atoms. The molecule has 0 aliphatic heterocycles. The Kier molecular flexibility index (Phi) is 6.79. The lowest BCUT2D eigenvalue weighted by atomic mass is 10.0. The minimum absolute atomic E-state index is 0.632. The third-order valence-corrected chi connectivity index (χ3v) is 10.6. The Hall–Kier alpha value is -7.37. The van der Waals surface area contributed by atoms with Gasteiger partial charge in [-0.1, -0.05) is 158 Å². The zero-order valence-electron chi connectivity index (χ0n) is 29.1. The lowest BCUT2D eigenvalue weighted by Gasteiger charge is -2.12. The molecule has 8 aromatic carbocycles. The summed E-state index contributed by atoms with van der Waals surface area (Å²) >= 11 is 0. The van der Waals surface area contributed by atoms with Crippen LogP contribution in [-0.2, 0) is 0 Å². The summed E-state index contributed by atoms with van der Waals surface area (Å²) < 4.78 is 4.79. The van der Waals surface area contributed by atoms with Gasteiger partial charge in [-0.25, -0.2) is 15.0 Å². The van der Waals surface area contributed by atoms with Crippen LogP contribution in [0.1, 0.15) is 0 Å². The summed E-state index contributed by atoms with van der Waals surface area (Å²) in [5.74, 6) is 1.93. The summed E-state index contributed by atoms with van der Waals surface area (Å²) in [6, 6.07) is 66.1. The van der Waals surface area contributed by atoms with Crippen molar-refractivity contribution in [2.45, 2.75) is 0 Å². The minimum atomic E-state index is 0.632. The molecule has 0 N–H and O–H groups in total. The van der Waals surface area contributed by atoms with E-state index in [1.807, 2.05) is 0 Å². The van der Waals surface area contributed by atoms with Crippen molar-refractivity contribution in [3.8, 4) is 51.0 Å². The molecular weight excluding hydrogens is 659 g/mol. The van der Waals surface area contributed by atoms with Crippen LogP contribution in [0.25, 0.3) is 100 Å². The van der Waals surface area contributed by atoms with E-state index in [1.54, 1.807) is 0 Å². The number of para-hydroxylation sites is 4. The zero-order chi connectivity index (χ0) is 35.6. The first kappa shape index (κ1) is 30.3. The van der Waals surface area contributed by atoms with Crippen LogP contribution in [0.2, 0.25) is 0 Å². The molecule has 0 aliphatic rings.